The van der Waals surface area contributed by atoms with Crippen LogP contribution in [0.1, 0.15) is 43.2 Å². The lowest BCUT2D eigenvalue weighted by molar-refractivity contribution is -0.135. The van der Waals surface area contributed by atoms with Crippen molar-refractivity contribution in [3.05, 3.63) is 112 Å². The van der Waals surface area contributed by atoms with Crippen LogP contribution >= 0.6 is 79.6 Å². The van der Waals surface area contributed by atoms with E-state index < -0.39 is 40.4 Å². The number of alkyl halides is 1. The summed E-state index contributed by atoms with van der Waals surface area (Å²) < 4.78 is 2.68. The molecule has 2 aromatic carbocycles. The van der Waals surface area contributed by atoms with E-state index in [2.05, 4.69) is 112 Å². The molecular formula is C38H33Br5N10O4. The molecule has 2 aromatic heterocycles. The molecule has 57 heavy (non-hydrogen) atoms. The quantitative estimate of drug-likeness (QED) is 0.161. The number of benzene rings is 2. The van der Waals surface area contributed by atoms with Crippen molar-refractivity contribution in [1.82, 2.24) is 40.4 Å². The number of H-pyrrole nitrogens is 2. The molecule has 294 valence electrons. The molecule has 0 bridgehead atoms. The number of aromatic nitrogens is 2. The van der Waals surface area contributed by atoms with Crippen molar-refractivity contribution in [3.8, 4) is 0 Å². The second kappa shape index (κ2) is 14.1. The number of aromatic amines is 2. The van der Waals surface area contributed by atoms with Gasteiger partial charge in [-0.3, -0.25) is 19.3 Å². The Morgan fingerprint density at radius 3 is 1.88 bits per heavy atom. The first-order valence-electron chi connectivity index (χ1n) is 18.4. The van der Waals surface area contributed by atoms with Crippen LogP contribution in [0, 0.1) is 17.8 Å². The zero-order valence-corrected chi connectivity index (χ0v) is 37.7. The molecule has 4 fully saturated rings. The van der Waals surface area contributed by atoms with Crippen LogP contribution in [0.15, 0.2) is 88.8 Å². The Morgan fingerprint density at radius 2 is 1.32 bits per heavy atom. The topological polar surface area (TPSA) is 165 Å². The zero-order chi connectivity index (χ0) is 39.5. The van der Waals surface area contributed by atoms with Gasteiger partial charge in [0.15, 0.2) is 11.8 Å². The molecule has 4 aromatic rings. The maximum atomic E-state index is 15.6. The minimum Gasteiger partial charge on any atom is -0.371 e. The average molecular weight is 1090 g/mol. The number of hydrogen-bond acceptors (Lipinski definition) is 9. The van der Waals surface area contributed by atoms with Gasteiger partial charge in [-0.25, -0.2) is 20.0 Å². The summed E-state index contributed by atoms with van der Waals surface area (Å²) in [4.78, 5) is 62.6. The van der Waals surface area contributed by atoms with E-state index in [0.29, 0.717) is 67.6 Å². The Hall–Kier alpha value is -3.49. The molecule has 2 unspecified atom stereocenters. The van der Waals surface area contributed by atoms with E-state index in [0.717, 1.165) is 22.3 Å². The lowest BCUT2D eigenvalue weighted by atomic mass is 9.77. The SMILES string of the molecule is O=C(NC[C@@H]1[C@H](CNC(=O)c2cc(Br)c(Br)[nH]2)[C@H](Br)[C@@]23C(=O)N4Cc5ccccc5CN=C4N2N2C4=NCc5ccccc5CN4C(O)C2[C@@H]13)c1cc(Br)c(Br)[nH]1. The number of carbonyl (C=O) groups is 3. The first kappa shape index (κ1) is 37.8. The highest BCUT2D eigenvalue weighted by Crippen LogP contribution is 2.63. The third-order valence-electron chi connectivity index (χ3n) is 12.3. The monoisotopic (exact) mass is 1090 g/mol. The Balaban J connectivity index is 1.10. The smallest absolute Gasteiger partial charge is 0.267 e. The average Bonchev–Trinajstić information content (AvgIpc) is 3.92. The third-order valence-corrected chi connectivity index (χ3v) is 17.2. The molecule has 3 saturated heterocycles. The van der Waals surface area contributed by atoms with Gasteiger partial charge in [0, 0.05) is 25.6 Å². The van der Waals surface area contributed by atoms with Gasteiger partial charge in [0.05, 0.1) is 42.6 Å². The number of fused-ring (bicyclic) bond motifs is 9. The summed E-state index contributed by atoms with van der Waals surface area (Å²) >= 11 is 17.9. The van der Waals surface area contributed by atoms with Crippen LogP contribution < -0.4 is 10.6 Å². The Bertz CT molecular complexity index is 2400. The van der Waals surface area contributed by atoms with Crippen LogP contribution in [0.5, 0.6) is 0 Å². The van der Waals surface area contributed by atoms with Crippen molar-refractivity contribution >= 4 is 109 Å². The number of aliphatic hydroxyl groups is 1. The highest BCUT2D eigenvalue weighted by molar-refractivity contribution is 9.13. The van der Waals surface area contributed by atoms with Gasteiger partial charge in [0.25, 0.3) is 17.7 Å². The lowest BCUT2D eigenvalue weighted by Crippen LogP contribution is -2.59. The number of hydrazine groups is 1. The maximum Gasteiger partial charge on any atom is 0.267 e. The van der Waals surface area contributed by atoms with Gasteiger partial charge in [-0.1, -0.05) is 64.5 Å². The van der Waals surface area contributed by atoms with E-state index in [1.807, 2.05) is 51.3 Å². The van der Waals surface area contributed by atoms with Gasteiger partial charge in [-0.2, -0.15) is 0 Å². The van der Waals surface area contributed by atoms with Gasteiger partial charge >= 0.3 is 0 Å². The minimum atomic E-state index is -1.30. The fraction of sp³-hybridized carbons (Fsp3) is 0.342. The summed E-state index contributed by atoms with van der Waals surface area (Å²) in [6.45, 7) is 1.81. The number of aliphatic hydroxyl groups excluding tert-OH is 1. The van der Waals surface area contributed by atoms with E-state index in [-0.39, 0.29) is 30.8 Å². The molecule has 6 aliphatic rings. The number of aliphatic imine (C=N–C) groups is 2. The number of nitrogens with zero attached hydrogens (tertiary/aromatic N) is 6. The summed E-state index contributed by atoms with van der Waals surface area (Å²) in [5.41, 5.74) is 3.57. The highest BCUT2D eigenvalue weighted by atomic mass is 79.9. The van der Waals surface area contributed by atoms with E-state index in [4.69, 9.17) is 9.98 Å². The third kappa shape index (κ3) is 5.61. The van der Waals surface area contributed by atoms with E-state index in [1.165, 1.54) is 0 Å². The molecule has 14 nitrogen and oxygen atoms in total. The number of halogens is 5. The van der Waals surface area contributed by atoms with Gasteiger partial charge in [0.2, 0.25) is 11.9 Å². The molecule has 3 amide bonds. The number of carbonyl (C=O) groups excluding carboxylic acids is 3. The van der Waals surface area contributed by atoms with Gasteiger partial charge in [-0.15, -0.1) is 0 Å². The van der Waals surface area contributed by atoms with Crippen LogP contribution in [0.25, 0.3) is 0 Å². The second-order valence-corrected chi connectivity index (χ2v) is 19.3. The highest BCUT2D eigenvalue weighted by Gasteiger charge is 2.81. The summed E-state index contributed by atoms with van der Waals surface area (Å²) in [6, 6.07) is 18.8. The zero-order valence-electron chi connectivity index (χ0n) is 29.7. The normalized spacial score (nSPS) is 28.0. The van der Waals surface area contributed by atoms with Crippen LogP contribution in [0.3, 0.4) is 0 Å². The molecule has 10 rings (SSSR count). The van der Waals surface area contributed by atoms with Crippen LogP contribution in [0.4, 0.5) is 0 Å². The summed E-state index contributed by atoms with van der Waals surface area (Å²) in [5, 5.41) is 22.9. The summed E-state index contributed by atoms with van der Waals surface area (Å²) in [6.07, 6.45) is -1.07. The number of nitrogens with one attached hydrogen (secondary N) is 4. The van der Waals surface area contributed by atoms with E-state index >= 15 is 4.79 Å². The fourth-order valence-electron chi connectivity index (χ4n) is 9.78. The Kier molecular flexibility index (Phi) is 9.32. The fourth-order valence-corrected chi connectivity index (χ4v) is 12.4. The molecule has 7 atom stereocenters. The minimum absolute atomic E-state index is 0.143. The van der Waals surface area contributed by atoms with Crippen molar-refractivity contribution in [1.29, 1.82) is 0 Å². The number of hydrogen-bond donors (Lipinski definition) is 5. The van der Waals surface area contributed by atoms with Crippen molar-refractivity contribution in [2.75, 3.05) is 13.1 Å². The Labute approximate surface area is 368 Å². The second-order valence-electron chi connectivity index (χ2n) is 15.0. The molecule has 19 heteroatoms. The Morgan fingerprint density at radius 1 is 0.789 bits per heavy atom. The molecule has 1 spiro atoms. The van der Waals surface area contributed by atoms with Crippen molar-refractivity contribution < 1.29 is 19.5 Å². The van der Waals surface area contributed by atoms with E-state index in [1.54, 1.807) is 17.0 Å². The van der Waals surface area contributed by atoms with Crippen LogP contribution in [0.2, 0.25) is 0 Å². The molecule has 1 aliphatic carbocycles. The summed E-state index contributed by atoms with van der Waals surface area (Å²) in [5.74, 6) is -1.18. The summed E-state index contributed by atoms with van der Waals surface area (Å²) in [7, 11) is 0. The molecule has 5 N–H and O–H groups in total. The maximum absolute atomic E-state index is 15.6. The van der Waals surface area contributed by atoms with Crippen molar-refractivity contribution in [2.24, 2.45) is 27.7 Å². The largest absolute Gasteiger partial charge is 0.371 e. The lowest BCUT2D eigenvalue weighted by Gasteiger charge is -2.38. The predicted molar refractivity (Wildman–Crippen MR) is 228 cm³/mol. The van der Waals surface area contributed by atoms with Crippen molar-refractivity contribution in [3.63, 3.8) is 0 Å². The van der Waals surface area contributed by atoms with E-state index in [9.17, 15) is 14.7 Å². The molecule has 5 aliphatic heterocycles. The standard InChI is InChI=1S/C38H33Br5N10O4/c39-23-9-25(48-30(23)42)32(54)44-13-21-22(14-45-33(55)26-10-24(40)31(43)49-26)29(41)38-27(21)28-34(56)50-15-19-7-3-1-5-17(19)11-46-36(50)52(28)53(38)37-47-12-18-6-2-4-8-20(18)16-51(37)35(38)57/h1-10,21-22,27-29,34,48-49,56H,11-16H2,(H,44,54)(H,45,55)/t21-,22+,27-,28?,29+,34?,38+/m1/s1. The molecule has 0 radical (unpaired) electrons. The number of rotatable bonds is 6. The van der Waals surface area contributed by atoms with Crippen molar-refractivity contribution in [2.45, 2.75) is 48.8 Å². The first-order valence-corrected chi connectivity index (χ1v) is 22.4. The first-order chi connectivity index (χ1) is 27.5. The van der Waals surface area contributed by atoms with Crippen LogP contribution in [-0.4, -0.2) is 100 Å². The predicted octanol–water partition coefficient (Wildman–Crippen LogP) is 5.43. The molecular weight excluding hydrogens is 1060 g/mol. The number of guanidine groups is 2. The molecule has 7 heterocycles. The molecule has 1 saturated carbocycles. The van der Waals surface area contributed by atoms with Gasteiger partial charge < -0.3 is 30.6 Å². The van der Waals surface area contributed by atoms with Crippen LogP contribution in [-0.2, 0) is 31.0 Å². The number of amides is 3. The van der Waals surface area contributed by atoms with Gasteiger partial charge in [0.1, 0.15) is 17.4 Å². The van der Waals surface area contributed by atoms with Gasteiger partial charge in [-0.05, 0) is 110 Å².